The fourth-order valence-corrected chi connectivity index (χ4v) is 6.37. The van der Waals surface area contributed by atoms with Gasteiger partial charge in [0.15, 0.2) is 11.2 Å². The van der Waals surface area contributed by atoms with Gasteiger partial charge in [0, 0.05) is 21.6 Å². The molecule has 3 aromatic rings. The van der Waals surface area contributed by atoms with Gasteiger partial charge in [0.05, 0.1) is 30.8 Å². The van der Waals surface area contributed by atoms with Crippen LogP contribution in [0.1, 0.15) is 27.4 Å². The summed E-state index contributed by atoms with van der Waals surface area (Å²) < 4.78 is 12.1. The van der Waals surface area contributed by atoms with E-state index in [9.17, 15) is 14.9 Å². The molecule has 37 heavy (non-hydrogen) atoms. The summed E-state index contributed by atoms with van der Waals surface area (Å²) in [6.07, 6.45) is 3.74. The monoisotopic (exact) mass is 620 g/mol. The number of anilines is 1. The summed E-state index contributed by atoms with van der Waals surface area (Å²) in [6.45, 7) is 0. The zero-order valence-corrected chi connectivity index (χ0v) is 23.2. The molecule has 0 aromatic heterocycles. The number of Topliss-reactive ketones (excluding diaryl/α,β-unsaturated/α-hetero) is 1. The van der Waals surface area contributed by atoms with Crippen LogP contribution in [-0.4, -0.2) is 38.1 Å². The molecule has 3 aromatic carbocycles. The molecule has 2 aliphatic heterocycles. The van der Waals surface area contributed by atoms with Gasteiger partial charge in [-0.25, -0.2) is 0 Å². The highest BCUT2D eigenvalue weighted by atomic mass is 79.9. The van der Waals surface area contributed by atoms with Crippen LogP contribution in [-0.2, 0) is 9.53 Å². The van der Waals surface area contributed by atoms with Gasteiger partial charge < -0.3 is 14.4 Å². The number of benzene rings is 3. The molecular formula is C29H22Br2N2O4. The van der Waals surface area contributed by atoms with Crippen LogP contribution in [0.2, 0.25) is 0 Å². The number of ketones is 1. The number of methoxy groups -OCH3 is 2. The van der Waals surface area contributed by atoms with Gasteiger partial charge in [-0.3, -0.25) is 9.59 Å². The first-order valence-corrected chi connectivity index (χ1v) is 13.1. The third-order valence-corrected chi connectivity index (χ3v) is 8.34. The summed E-state index contributed by atoms with van der Waals surface area (Å²) >= 11 is 6.95. The van der Waals surface area contributed by atoms with Crippen LogP contribution in [0.5, 0.6) is 5.75 Å². The second-order valence-electron chi connectivity index (χ2n) is 8.93. The number of esters is 1. The smallest absolute Gasteiger partial charge is 0.329 e. The van der Waals surface area contributed by atoms with E-state index < -0.39 is 29.4 Å². The molecule has 1 saturated heterocycles. The molecule has 2 heterocycles. The number of ether oxygens (including phenoxy) is 2. The zero-order valence-electron chi connectivity index (χ0n) is 20.0. The van der Waals surface area contributed by atoms with Crippen molar-refractivity contribution in [2.75, 3.05) is 19.1 Å². The first-order valence-electron chi connectivity index (χ1n) is 11.6. The van der Waals surface area contributed by atoms with E-state index in [1.807, 2.05) is 65.6 Å². The van der Waals surface area contributed by atoms with Gasteiger partial charge in [-0.1, -0.05) is 58.4 Å². The Kier molecular flexibility index (Phi) is 6.69. The number of nitriles is 1. The minimum atomic E-state index is -1.67. The second kappa shape index (κ2) is 9.81. The summed E-state index contributed by atoms with van der Waals surface area (Å²) in [5, 5.41) is 10.7. The fraction of sp³-hybridized carbons (Fsp3) is 0.207. The summed E-state index contributed by atoms with van der Waals surface area (Å²) in [4.78, 5) is 29.9. The third kappa shape index (κ3) is 3.89. The van der Waals surface area contributed by atoms with Crippen LogP contribution < -0.4 is 9.64 Å². The highest BCUT2D eigenvalue weighted by Gasteiger charge is 2.67. The second-order valence-corrected chi connectivity index (χ2v) is 10.7. The van der Waals surface area contributed by atoms with Crippen molar-refractivity contribution in [2.24, 2.45) is 5.41 Å². The summed E-state index contributed by atoms with van der Waals surface area (Å²) in [7, 11) is 2.84. The number of hydrogen-bond donors (Lipinski definition) is 0. The van der Waals surface area contributed by atoms with Gasteiger partial charge in [0.25, 0.3) is 0 Å². The molecule has 8 heteroatoms. The van der Waals surface area contributed by atoms with Crippen molar-refractivity contribution < 1.29 is 19.1 Å². The molecule has 0 unspecified atom stereocenters. The molecular weight excluding hydrogens is 600 g/mol. The highest BCUT2D eigenvalue weighted by Crippen LogP contribution is 2.56. The van der Waals surface area contributed by atoms with Crippen molar-refractivity contribution in [2.45, 2.75) is 18.0 Å². The topological polar surface area (TPSA) is 79.6 Å². The van der Waals surface area contributed by atoms with E-state index in [-0.39, 0.29) is 5.78 Å². The number of halogens is 2. The summed E-state index contributed by atoms with van der Waals surface area (Å²) in [5.74, 6) is -1.11. The average molecular weight is 622 g/mol. The number of fused-ring (bicyclic) bond motifs is 3. The molecule has 1 fully saturated rings. The van der Waals surface area contributed by atoms with Gasteiger partial charge >= 0.3 is 5.97 Å². The number of para-hydroxylation sites is 1. The van der Waals surface area contributed by atoms with Crippen LogP contribution in [0, 0.1) is 16.7 Å². The average Bonchev–Trinajstić information content (AvgIpc) is 3.24. The molecule has 0 aliphatic carbocycles. The molecule has 0 spiro atoms. The lowest BCUT2D eigenvalue weighted by atomic mass is 9.68. The maximum Gasteiger partial charge on any atom is 0.329 e. The number of hydrogen-bond acceptors (Lipinski definition) is 6. The standard InChI is InChI=1S/C29H22Br2N2O4/c1-36-23-13-9-19(15-21(23)31)27(34)26-25(18-7-11-20(30)12-8-18)29(16-32,28(35)37-2)24-14-10-17-5-3-4-6-22(17)33(24)26/h3-15,24-26H,1-2H3/t24-,25+,26+,29+/m1/s1. The number of rotatable bonds is 5. The van der Waals surface area contributed by atoms with Crippen LogP contribution >= 0.6 is 31.9 Å². The SMILES string of the molecule is COC(=O)[C@]1(C#N)[C@@H](c2ccc(Br)cc2)[C@@H](C(=O)c2ccc(OC)c(Br)c2)N2c3ccccc3C=C[C@@H]21. The first-order chi connectivity index (χ1) is 17.9. The Hall–Kier alpha value is -3.41. The third-order valence-electron chi connectivity index (χ3n) is 7.19. The van der Waals surface area contributed by atoms with Crippen molar-refractivity contribution in [1.29, 1.82) is 5.26 Å². The molecule has 0 amide bonds. The number of nitrogens with zero attached hydrogens (tertiary/aromatic N) is 2. The Balaban J connectivity index is 1.80. The zero-order chi connectivity index (χ0) is 26.3. The predicted molar refractivity (Wildman–Crippen MR) is 148 cm³/mol. The van der Waals surface area contributed by atoms with Crippen molar-refractivity contribution in [1.82, 2.24) is 0 Å². The summed E-state index contributed by atoms with van der Waals surface area (Å²) in [5.41, 5.74) is 1.15. The van der Waals surface area contributed by atoms with Crippen molar-refractivity contribution in [3.8, 4) is 11.8 Å². The van der Waals surface area contributed by atoms with Crippen LogP contribution in [0.25, 0.3) is 6.08 Å². The van der Waals surface area contributed by atoms with Gasteiger partial charge in [0.1, 0.15) is 11.8 Å². The maximum absolute atomic E-state index is 14.4. The largest absolute Gasteiger partial charge is 0.496 e. The van der Waals surface area contributed by atoms with E-state index >= 15 is 0 Å². The lowest BCUT2D eigenvalue weighted by molar-refractivity contribution is -0.150. The van der Waals surface area contributed by atoms with E-state index in [1.54, 1.807) is 25.3 Å². The molecule has 6 nitrogen and oxygen atoms in total. The quantitative estimate of drug-likeness (QED) is 0.251. The highest BCUT2D eigenvalue weighted by molar-refractivity contribution is 9.10. The first kappa shape index (κ1) is 25.2. The van der Waals surface area contributed by atoms with Crippen molar-refractivity contribution >= 4 is 55.4 Å². The Bertz CT molecular complexity index is 1460. The van der Waals surface area contributed by atoms with E-state index in [2.05, 4.69) is 37.9 Å². The van der Waals surface area contributed by atoms with Crippen molar-refractivity contribution in [3.05, 3.63) is 98.4 Å². The Labute approximate surface area is 231 Å². The summed E-state index contributed by atoms with van der Waals surface area (Å²) in [6, 6.07) is 21.0. The molecule has 0 radical (unpaired) electrons. The number of carbonyl (C=O) groups excluding carboxylic acids is 2. The predicted octanol–water partition coefficient (Wildman–Crippen LogP) is 6.15. The van der Waals surface area contributed by atoms with Gasteiger partial charge in [0.2, 0.25) is 0 Å². The van der Waals surface area contributed by atoms with Crippen LogP contribution in [0.15, 0.2) is 81.8 Å². The Morgan fingerprint density at radius 1 is 1.03 bits per heavy atom. The molecule has 4 atom stereocenters. The minimum absolute atomic E-state index is 0.215. The van der Waals surface area contributed by atoms with Crippen LogP contribution in [0.4, 0.5) is 5.69 Å². The molecule has 5 rings (SSSR count). The Morgan fingerprint density at radius 2 is 1.76 bits per heavy atom. The Morgan fingerprint density at radius 3 is 2.41 bits per heavy atom. The normalized spacial score (nSPS) is 23.5. The van der Waals surface area contributed by atoms with E-state index in [0.29, 0.717) is 21.3 Å². The van der Waals surface area contributed by atoms with Crippen molar-refractivity contribution in [3.63, 3.8) is 0 Å². The molecule has 2 aliphatic rings. The van der Waals surface area contributed by atoms with Gasteiger partial charge in [-0.2, -0.15) is 5.26 Å². The minimum Gasteiger partial charge on any atom is -0.496 e. The van der Waals surface area contributed by atoms with E-state index in [1.165, 1.54) is 7.11 Å². The van der Waals surface area contributed by atoms with E-state index in [0.717, 1.165) is 15.7 Å². The van der Waals surface area contributed by atoms with E-state index in [4.69, 9.17) is 9.47 Å². The maximum atomic E-state index is 14.4. The molecule has 186 valence electrons. The molecule has 0 bridgehead atoms. The lowest BCUT2D eigenvalue weighted by Gasteiger charge is -2.36. The molecule has 0 saturated carbocycles. The molecule has 0 N–H and O–H groups in total. The number of carbonyl (C=O) groups is 2. The van der Waals surface area contributed by atoms with Crippen LogP contribution in [0.3, 0.4) is 0 Å². The lowest BCUT2D eigenvalue weighted by Crippen LogP contribution is -2.46. The fourth-order valence-electron chi connectivity index (χ4n) is 5.57. The van der Waals surface area contributed by atoms with Gasteiger partial charge in [-0.05, 0) is 63.5 Å². The van der Waals surface area contributed by atoms with Gasteiger partial charge in [-0.15, -0.1) is 0 Å².